The average molecular weight is 215 g/mol. The Morgan fingerprint density at radius 1 is 1.56 bits per heavy atom. The van der Waals surface area contributed by atoms with E-state index in [1.165, 1.54) is 6.92 Å². The summed E-state index contributed by atoms with van der Waals surface area (Å²) in [6.45, 7) is 1.42. The van der Waals surface area contributed by atoms with Crippen LogP contribution in [-0.4, -0.2) is 17.1 Å². The molecule has 0 aliphatic rings. The monoisotopic (exact) mass is 214 g/mol. The van der Waals surface area contributed by atoms with Crippen LogP contribution in [0.1, 0.15) is 6.92 Å². The molecule has 3 nitrogen and oxygen atoms in total. The quantitative estimate of drug-likeness (QED) is 0.427. The number of hydrogen-bond donors (Lipinski definition) is 2. The summed E-state index contributed by atoms with van der Waals surface area (Å²) in [6, 6.07) is -0.731. The molecule has 0 fully saturated rings. The van der Waals surface area contributed by atoms with Crippen LogP contribution in [0.3, 0.4) is 0 Å². The molecule has 0 aromatic heterocycles. The third-order valence-electron chi connectivity index (χ3n) is 0.390. The Hall–Kier alpha value is 0.529. The van der Waals surface area contributed by atoms with Gasteiger partial charge in [0.25, 0.3) is 0 Å². The molecule has 0 aromatic rings. The van der Waals surface area contributed by atoms with Crippen LogP contribution in [0.25, 0.3) is 0 Å². The minimum atomic E-state index is -0.963. The molecular weight excluding hydrogens is 208 g/mol. The van der Waals surface area contributed by atoms with Gasteiger partial charge in [-0.2, -0.15) is 0 Å². The van der Waals surface area contributed by atoms with E-state index in [9.17, 15) is 4.79 Å². The van der Waals surface area contributed by atoms with Crippen LogP contribution in [0, 0.1) is 0 Å². The molecule has 57 valence electrons. The van der Waals surface area contributed by atoms with E-state index < -0.39 is 12.0 Å². The molecule has 6 heteroatoms. The number of aliphatic carboxylic acids is 1. The summed E-state index contributed by atoms with van der Waals surface area (Å²) in [4.78, 5) is 9.57. The van der Waals surface area contributed by atoms with E-state index in [1.807, 2.05) is 0 Å². The maximum absolute atomic E-state index is 9.57. The van der Waals surface area contributed by atoms with Gasteiger partial charge in [0, 0.05) is 0 Å². The zero-order valence-corrected chi connectivity index (χ0v) is 7.34. The Kier molecular flexibility index (Phi) is 28.6. The van der Waals surface area contributed by atoms with Gasteiger partial charge in [-0.25, -0.2) is 0 Å². The maximum Gasteiger partial charge on any atom is 2.00 e. The third-order valence-corrected chi connectivity index (χ3v) is 0.390. The minimum absolute atomic E-state index is 0. The molecule has 0 aliphatic heterocycles. The Balaban J connectivity index is -0.0000000417. The zero-order valence-electron chi connectivity index (χ0n) is 4.64. The fraction of sp³-hybridized carbons (Fsp3) is 0.667. The van der Waals surface area contributed by atoms with E-state index in [0.29, 0.717) is 0 Å². The fourth-order valence-electron chi connectivity index (χ4n) is 0. The van der Waals surface area contributed by atoms with Crippen LogP contribution < -0.4 is 30.5 Å². The van der Waals surface area contributed by atoms with Gasteiger partial charge in [0.1, 0.15) is 6.04 Å². The van der Waals surface area contributed by atoms with Crippen LogP contribution in [0.15, 0.2) is 0 Å². The van der Waals surface area contributed by atoms with Gasteiger partial charge in [-0.1, -0.05) is 0 Å². The maximum atomic E-state index is 9.57. The molecule has 1 radical (unpaired) electrons. The summed E-state index contributed by atoms with van der Waals surface area (Å²) in [6.07, 6.45) is 0. The molecule has 0 saturated heterocycles. The van der Waals surface area contributed by atoms with Crippen molar-refractivity contribution in [2.75, 3.05) is 0 Å². The van der Waals surface area contributed by atoms with E-state index in [1.54, 1.807) is 0 Å². The number of carbonyl (C=O) groups is 1. The van der Waals surface area contributed by atoms with Gasteiger partial charge in [-0.05, 0) is 6.92 Å². The van der Waals surface area contributed by atoms with Crippen molar-refractivity contribution in [1.29, 1.82) is 0 Å². The van der Waals surface area contributed by atoms with Crippen molar-refractivity contribution in [3.05, 3.63) is 0 Å². The largest absolute Gasteiger partial charge is 2.00 e. The SMILES string of the molecule is C[C@H](N)C(=O)O.[Cl-].[Cl-].[Mn+2]. The van der Waals surface area contributed by atoms with E-state index in [4.69, 9.17) is 10.8 Å². The molecule has 1 atom stereocenters. The normalized spacial score (nSPS) is 9.11. The molecular formula is C3H7Cl2MnNO2. The molecule has 9 heavy (non-hydrogen) atoms. The van der Waals surface area contributed by atoms with Crippen LogP contribution in [0.5, 0.6) is 0 Å². The Morgan fingerprint density at radius 2 is 1.67 bits per heavy atom. The van der Waals surface area contributed by atoms with Crippen LogP contribution in [-0.2, 0) is 21.9 Å². The van der Waals surface area contributed by atoms with E-state index >= 15 is 0 Å². The molecule has 0 amide bonds. The topological polar surface area (TPSA) is 63.3 Å². The number of nitrogens with two attached hydrogens (primary N) is 1. The summed E-state index contributed by atoms with van der Waals surface area (Å²) in [7, 11) is 0. The predicted octanol–water partition coefficient (Wildman–Crippen LogP) is -6.58. The van der Waals surface area contributed by atoms with E-state index in [0.717, 1.165) is 0 Å². The van der Waals surface area contributed by atoms with Crippen molar-refractivity contribution in [1.82, 2.24) is 0 Å². The molecule has 0 saturated carbocycles. The van der Waals surface area contributed by atoms with Crippen LogP contribution in [0.4, 0.5) is 0 Å². The zero-order chi connectivity index (χ0) is 5.15. The summed E-state index contributed by atoms with van der Waals surface area (Å²) in [5.41, 5.74) is 4.84. The van der Waals surface area contributed by atoms with Gasteiger partial charge in [0.05, 0.1) is 0 Å². The molecule has 0 bridgehead atoms. The van der Waals surface area contributed by atoms with Gasteiger partial charge in [0.2, 0.25) is 0 Å². The smallest absolute Gasteiger partial charge is 1.00 e. The summed E-state index contributed by atoms with van der Waals surface area (Å²) in [5, 5.41) is 7.87. The third kappa shape index (κ3) is 17.7. The van der Waals surface area contributed by atoms with Gasteiger partial charge >= 0.3 is 23.0 Å². The Bertz CT molecular complexity index is 70.8. The molecule has 0 aromatic carbocycles. The number of rotatable bonds is 1. The van der Waals surface area contributed by atoms with E-state index in [-0.39, 0.29) is 41.9 Å². The Labute approximate surface area is 76.7 Å². The second kappa shape index (κ2) is 11.3. The van der Waals surface area contributed by atoms with Crippen molar-refractivity contribution in [3.63, 3.8) is 0 Å². The molecule has 0 spiro atoms. The average Bonchev–Trinajstić information content (AvgIpc) is 1.36. The van der Waals surface area contributed by atoms with Gasteiger partial charge in [-0.15, -0.1) is 0 Å². The van der Waals surface area contributed by atoms with Crippen LogP contribution in [0.2, 0.25) is 0 Å². The van der Waals surface area contributed by atoms with Crippen molar-refractivity contribution >= 4 is 5.97 Å². The van der Waals surface area contributed by atoms with Crippen molar-refractivity contribution < 1.29 is 51.8 Å². The number of carboxylic acids is 1. The van der Waals surface area contributed by atoms with Crippen molar-refractivity contribution in [2.45, 2.75) is 13.0 Å². The molecule has 3 N–H and O–H groups in total. The van der Waals surface area contributed by atoms with E-state index in [2.05, 4.69) is 0 Å². The second-order valence-corrected chi connectivity index (χ2v) is 1.13. The molecule has 0 heterocycles. The summed E-state index contributed by atoms with van der Waals surface area (Å²) >= 11 is 0. The first-order valence-electron chi connectivity index (χ1n) is 1.63. The van der Waals surface area contributed by atoms with Gasteiger partial charge < -0.3 is 35.7 Å². The van der Waals surface area contributed by atoms with Gasteiger partial charge in [0.15, 0.2) is 0 Å². The number of halogens is 2. The number of hydrogen-bond acceptors (Lipinski definition) is 2. The molecule has 0 aliphatic carbocycles. The Morgan fingerprint density at radius 3 is 1.67 bits per heavy atom. The first-order chi connectivity index (χ1) is 2.64. The summed E-state index contributed by atoms with van der Waals surface area (Å²) in [5.74, 6) is -0.963. The van der Waals surface area contributed by atoms with Crippen LogP contribution >= 0.6 is 0 Å². The fourth-order valence-corrected chi connectivity index (χ4v) is 0. The summed E-state index contributed by atoms with van der Waals surface area (Å²) < 4.78 is 0. The first kappa shape index (κ1) is 22.7. The van der Waals surface area contributed by atoms with Crippen molar-refractivity contribution in [2.24, 2.45) is 5.73 Å². The molecule has 0 unspecified atom stereocenters. The molecule has 0 rings (SSSR count). The van der Waals surface area contributed by atoms with Gasteiger partial charge in [-0.3, -0.25) is 4.79 Å². The predicted molar refractivity (Wildman–Crippen MR) is 21.3 cm³/mol. The number of carboxylic acid groups (broad SMARTS) is 1. The van der Waals surface area contributed by atoms with Crippen molar-refractivity contribution in [3.8, 4) is 0 Å². The first-order valence-corrected chi connectivity index (χ1v) is 1.63. The minimum Gasteiger partial charge on any atom is -1.00 e. The standard InChI is InChI=1S/C3H7NO2.2ClH.Mn/c1-2(4)3(5)6;;;/h2H,4H2,1H3,(H,5,6);2*1H;/q;;;+2/p-2/t2-;;;/m0.../s1. The second-order valence-electron chi connectivity index (χ2n) is 1.13.